The summed E-state index contributed by atoms with van der Waals surface area (Å²) in [4.78, 5) is 12.4. The van der Waals surface area contributed by atoms with Crippen molar-refractivity contribution in [3.05, 3.63) is 95.6 Å². The van der Waals surface area contributed by atoms with Crippen LogP contribution in [0.4, 0.5) is 0 Å². The highest BCUT2D eigenvalue weighted by Gasteiger charge is 2.41. The van der Waals surface area contributed by atoms with Gasteiger partial charge in [0, 0.05) is 5.41 Å². The van der Waals surface area contributed by atoms with Gasteiger partial charge in [-0.25, -0.2) is 4.79 Å². The highest BCUT2D eigenvalue weighted by Crippen LogP contribution is 2.53. The molecule has 0 bridgehead atoms. The molecule has 0 aliphatic heterocycles. The molecule has 170 valence electrons. The summed E-state index contributed by atoms with van der Waals surface area (Å²) in [5, 5.41) is 0. The maximum Gasteiger partial charge on any atom is 0.338 e. The van der Waals surface area contributed by atoms with E-state index in [0.717, 1.165) is 17.5 Å². The summed E-state index contributed by atoms with van der Waals surface area (Å²) in [6.07, 6.45) is 7.31. The minimum atomic E-state index is -0.311. The van der Waals surface area contributed by atoms with Gasteiger partial charge in [-0.1, -0.05) is 99.4 Å². The van der Waals surface area contributed by atoms with Crippen LogP contribution in [0.5, 0.6) is 0 Å². The first kappa shape index (κ1) is 23.0. The predicted molar refractivity (Wildman–Crippen MR) is 138 cm³/mol. The third-order valence-corrected chi connectivity index (χ3v) is 7.25. The van der Waals surface area contributed by atoms with Gasteiger partial charge in [0.25, 0.3) is 0 Å². The van der Waals surface area contributed by atoms with E-state index in [-0.39, 0.29) is 11.4 Å². The lowest BCUT2D eigenvalue weighted by Gasteiger charge is -2.31. The van der Waals surface area contributed by atoms with E-state index in [4.69, 9.17) is 4.74 Å². The van der Waals surface area contributed by atoms with Crippen LogP contribution in [0.3, 0.4) is 0 Å². The third kappa shape index (κ3) is 4.15. The molecule has 0 saturated heterocycles. The van der Waals surface area contributed by atoms with Crippen molar-refractivity contribution in [3.63, 3.8) is 0 Å². The second kappa shape index (κ2) is 9.79. The first-order chi connectivity index (χ1) is 16.0. The summed E-state index contributed by atoms with van der Waals surface area (Å²) in [7, 11) is 1.43. The lowest BCUT2D eigenvalue weighted by Crippen LogP contribution is -2.23. The van der Waals surface area contributed by atoms with Crippen LogP contribution < -0.4 is 0 Å². The Bertz CT molecular complexity index is 1170. The molecule has 4 rings (SSSR count). The van der Waals surface area contributed by atoms with Gasteiger partial charge in [-0.2, -0.15) is 0 Å². The standard InChI is InChI=1S/C31H34O2/c1-5-6-7-8-9-14-22(2)31(3)28-18-13-12-16-25(28)26-20-19-23(21-29(26)31)24-15-10-11-17-27(24)30(32)33-4/h10-13,15-21H,2,5-9,14H2,1,3-4H3. The monoisotopic (exact) mass is 438 g/mol. The van der Waals surface area contributed by atoms with Gasteiger partial charge < -0.3 is 4.74 Å². The van der Waals surface area contributed by atoms with Crippen LogP contribution in [0, 0.1) is 0 Å². The van der Waals surface area contributed by atoms with E-state index in [9.17, 15) is 4.79 Å². The molecular weight excluding hydrogens is 404 g/mol. The summed E-state index contributed by atoms with van der Waals surface area (Å²) in [6, 6.07) is 23.0. The SMILES string of the molecule is C=C(CCCCCCC)C1(C)c2ccccc2-c2ccc(-c3ccccc3C(=O)OC)cc21. The lowest BCUT2D eigenvalue weighted by molar-refractivity contribution is 0.0601. The number of ether oxygens (including phenoxy) is 1. The van der Waals surface area contributed by atoms with Crippen LogP contribution in [-0.4, -0.2) is 13.1 Å². The summed E-state index contributed by atoms with van der Waals surface area (Å²) in [6.45, 7) is 9.19. The smallest absolute Gasteiger partial charge is 0.338 e. The number of benzene rings is 3. The van der Waals surface area contributed by atoms with Gasteiger partial charge in [-0.3, -0.25) is 0 Å². The molecule has 1 aliphatic carbocycles. The number of allylic oxidation sites excluding steroid dienone is 1. The zero-order chi connectivity index (χ0) is 23.4. The summed E-state index contributed by atoms with van der Waals surface area (Å²) in [5.41, 5.74) is 8.70. The largest absolute Gasteiger partial charge is 0.465 e. The molecule has 0 radical (unpaired) electrons. The topological polar surface area (TPSA) is 26.3 Å². The fraction of sp³-hybridized carbons (Fsp3) is 0.323. The molecule has 1 unspecified atom stereocenters. The van der Waals surface area contributed by atoms with Gasteiger partial charge in [0.05, 0.1) is 12.7 Å². The van der Waals surface area contributed by atoms with Gasteiger partial charge in [-0.05, 0) is 65.3 Å². The Morgan fingerprint density at radius 3 is 2.27 bits per heavy atom. The Morgan fingerprint density at radius 1 is 0.848 bits per heavy atom. The molecule has 3 aromatic rings. The summed E-state index contributed by atoms with van der Waals surface area (Å²) < 4.78 is 5.04. The highest BCUT2D eigenvalue weighted by atomic mass is 16.5. The number of methoxy groups -OCH3 is 1. The molecule has 1 atom stereocenters. The van der Waals surface area contributed by atoms with E-state index in [1.54, 1.807) is 0 Å². The first-order valence-corrected chi connectivity index (χ1v) is 12.1. The number of esters is 1. The molecule has 33 heavy (non-hydrogen) atoms. The minimum Gasteiger partial charge on any atom is -0.465 e. The zero-order valence-electron chi connectivity index (χ0n) is 20.1. The number of carbonyl (C=O) groups excluding carboxylic acids is 1. The summed E-state index contributed by atoms with van der Waals surface area (Å²) in [5.74, 6) is -0.311. The van der Waals surface area contributed by atoms with Crippen molar-refractivity contribution in [3.8, 4) is 22.3 Å². The normalized spacial score (nSPS) is 16.2. The fourth-order valence-corrected chi connectivity index (χ4v) is 5.26. The van der Waals surface area contributed by atoms with Crippen molar-refractivity contribution in [2.45, 2.75) is 57.8 Å². The van der Waals surface area contributed by atoms with Crippen molar-refractivity contribution in [1.29, 1.82) is 0 Å². The number of hydrogen-bond donors (Lipinski definition) is 0. The molecule has 0 N–H and O–H groups in total. The van der Waals surface area contributed by atoms with Gasteiger partial charge in [0.15, 0.2) is 0 Å². The molecule has 3 aromatic carbocycles. The number of hydrogen-bond acceptors (Lipinski definition) is 2. The van der Waals surface area contributed by atoms with Crippen molar-refractivity contribution in [1.82, 2.24) is 0 Å². The molecule has 0 fully saturated rings. The van der Waals surface area contributed by atoms with Crippen LogP contribution in [0.1, 0.15) is 73.9 Å². The molecular formula is C31H34O2. The first-order valence-electron chi connectivity index (χ1n) is 12.1. The van der Waals surface area contributed by atoms with Crippen molar-refractivity contribution < 1.29 is 9.53 Å². The Hall–Kier alpha value is -3.13. The molecule has 0 spiro atoms. The van der Waals surface area contributed by atoms with Crippen LogP contribution >= 0.6 is 0 Å². The second-order valence-electron chi connectivity index (χ2n) is 9.24. The highest BCUT2D eigenvalue weighted by molar-refractivity contribution is 5.98. The van der Waals surface area contributed by atoms with Crippen molar-refractivity contribution in [2.24, 2.45) is 0 Å². The Labute approximate surface area is 198 Å². The maximum atomic E-state index is 12.4. The average molecular weight is 439 g/mol. The molecule has 0 aromatic heterocycles. The average Bonchev–Trinajstić information content (AvgIpc) is 3.12. The van der Waals surface area contributed by atoms with E-state index >= 15 is 0 Å². The van der Waals surface area contributed by atoms with Gasteiger partial charge >= 0.3 is 5.97 Å². The number of rotatable bonds is 9. The van der Waals surface area contributed by atoms with Gasteiger partial charge in [0.1, 0.15) is 0 Å². The van der Waals surface area contributed by atoms with Gasteiger partial charge in [-0.15, -0.1) is 0 Å². The Kier molecular flexibility index (Phi) is 6.83. The Morgan fingerprint density at radius 2 is 1.52 bits per heavy atom. The minimum absolute atomic E-state index is 0.243. The molecule has 0 saturated carbocycles. The molecule has 2 heteroatoms. The predicted octanol–water partition coefficient (Wildman–Crippen LogP) is 8.34. The van der Waals surface area contributed by atoms with E-state index in [1.165, 1.54) is 67.0 Å². The maximum absolute atomic E-state index is 12.4. The fourth-order valence-electron chi connectivity index (χ4n) is 5.26. The second-order valence-corrected chi connectivity index (χ2v) is 9.24. The van der Waals surface area contributed by atoms with E-state index < -0.39 is 0 Å². The van der Waals surface area contributed by atoms with E-state index in [0.29, 0.717) is 5.56 Å². The lowest BCUT2D eigenvalue weighted by atomic mass is 9.72. The number of unbranched alkanes of at least 4 members (excludes halogenated alkanes) is 4. The van der Waals surface area contributed by atoms with Gasteiger partial charge in [0.2, 0.25) is 0 Å². The van der Waals surface area contributed by atoms with Crippen LogP contribution in [0.15, 0.2) is 78.9 Å². The quantitative estimate of drug-likeness (QED) is 0.191. The molecule has 1 aliphatic rings. The molecule has 0 amide bonds. The third-order valence-electron chi connectivity index (χ3n) is 7.25. The summed E-state index contributed by atoms with van der Waals surface area (Å²) >= 11 is 0. The number of carbonyl (C=O) groups is 1. The van der Waals surface area contributed by atoms with E-state index in [1.807, 2.05) is 24.3 Å². The zero-order valence-corrected chi connectivity index (χ0v) is 20.1. The molecule has 2 nitrogen and oxygen atoms in total. The van der Waals surface area contributed by atoms with E-state index in [2.05, 4.69) is 62.9 Å². The number of fused-ring (bicyclic) bond motifs is 3. The van der Waals surface area contributed by atoms with Crippen LogP contribution in [0.25, 0.3) is 22.3 Å². The molecule has 0 heterocycles. The van der Waals surface area contributed by atoms with Crippen LogP contribution in [0.2, 0.25) is 0 Å². The van der Waals surface area contributed by atoms with Crippen molar-refractivity contribution >= 4 is 5.97 Å². The van der Waals surface area contributed by atoms with Crippen molar-refractivity contribution in [2.75, 3.05) is 7.11 Å². The van der Waals surface area contributed by atoms with Crippen LogP contribution in [-0.2, 0) is 10.2 Å². The Balaban J connectivity index is 1.76.